The number of aliphatic carboxylic acids is 1. The maximum Gasteiger partial charge on any atom is 0.416 e. The minimum atomic E-state index is -4.59. The molecule has 0 aliphatic carbocycles. The number of halogens is 3. The van der Waals surface area contributed by atoms with E-state index in [4.69, 9.17) is 9.47 Å². The van der Waals surface area contributed by atoms with Gasteiger partial charge in [-0.05, 0) is 29.8 Å². The van der Waals surface area contributed by atoms with Gasteiger partial charge in [-0.3, -0.25) is 9.59 Å². The molecule has 0 radical (unpaired) electrons. The van der Waals surface area contributed by atoms with Gasteiger partial charge in [0.15, 0.2) is 11.5 Å². The highest BCUT2D eigenvalue weighted by atomic mass is 19.4. The number of methoxy groups -OCH3 is 2. The Labute approximate surface area is 174 Å². The zero-order chi connectivity index (χ0) is 22.5. The summed E-state index contributed by atoms with van der Waals surface area (Å²) in [4.78, 5) is 24.2. The predicted octanol–water partition coefficient (Wildman–Crippen LogP) is 3.92. The molecule has 162 valence electrons. The lowest BCUT2D eigenvalue weighted by molar-refractivity contribution is -0.138. The van der Waals surface area contributed by atoms with Crippen LogP contribution in [0.5, 0.6) is 11.5 Å². The zero-order valence-corrected chi connectivity index (χ0v) is 16.5. The first-order valence-electron chi connectivity index (χ1n) is 9.14. The van der Waals surface area contributed by atoms with Gasteiger partial charge in [-0.1, -0.05) is 0 Å². The number of rotatable bonds is 4. The number of alkyl halides is 3. The van der Waals surface area contributed by atoms with Crippen LogP contribution in [0.15, 0.2) is 30.3 Å². The number of nitrogens with zero attached hydrogens (tertiary/aromatic N) is 1. The third-order valence-corrected chi connectivity index (χ3v) is 5.18. The van der Waals surface area contributed by atoms with Crippen LogP contribution in [0.2, 0.25) is 0 Å². The van der Waals surface area contributed by atoms with Gasteiger partial charge in [0.25, 0.3) is 0 Å². The van der Waals surface area contributed by atoms with Crippen LogP contribution in [0.3, 0.4) is 0 Å². The number of amides is 1. The molecule has 0 saturated heterocycles. The number of carbonyl (C=O) groups excluding carboxylic acids is 1. The molecule has 2 aromatic carbocycles. The fourth-order valence-corrected chi connectivity index (χ4v) is 3.92. The van der Waals surface area contributed by atoms with Gasteiger partial charge in [0, 0.05) is 22.5 Å². The molecule has 0 spiro atoms. The van der Waals surface area contributed by atoms with Crippen molar-refractivity contribution in [1.29, 1.82) is 0 Å². The van der Waals surface area contributed by atoms with Crippen LogP contribution in [0, 0.1) is 0 Å². The van der Waals surface area contributed by atoms with Crippen LogP contribution >= 0.6 is 0 Å². The van der Waals surface area contributed by atoms with Gasteiger partial charge in [-0.25, -0.2) is 0 Å². The Hall–Kier alpha value is -3.69. The van der Waals surface area contributed by atoms with Gasteiger partial charge in [0.2, 0.25) is 5.91 Å². The number of hydrogen-bond acceptors (Lipinski definition) is 4. The van der Waals surface area contributed by atoms with Crippen molar-refractivity contribution >= 4 is 28.5 Å². The number of nitrogens with one attached hydrogen (secondary N) is 1. The van der Waals surface area contributed by atoms with E-state index in [9.17, 15) is 27.9 Å². The van der Waals surface area contributed by atoms with E-state index in [0.717, 1.165) is 12.1 Å². The fraction of sp³-hybridized carbons (Fsp3) is 0.238. The van der Waals surface area contributed by atoms with Crippen LogP contribution in [0.4, 0.5) is 18.9 Å². The zero-order valence-electron chi connectivity index (χ0n) is 16.5. The lowest BCUT2D eigenvalue weighted by Gasteiger charge is -2.16. The molecule has 31 heavy (non-hydrogen) atoms. The topological polar surface area (TPSA) is 89.8 Å². The van der Waals surface area contributed by atoms with Crippen LogP contribution in [-0.4, -0.2) is 35.8 Å². The molecule has 0 fully saturated rings. The smallest absolute Gasteiger partial charge is 0.416 e. The first kappa shape index (κ1) is 20.6. The number of ether oxygens (including phenoxy) is 2. The van der Waals surface area contributed by atoms with E-state index >= 15 is 0 Å². The third kappa shape index (κ3) is 3.43. The van der Waals surface area contributed by atoms with Crippen molar-refractivity contribution in [3.63, 3.8) is 0 Å². The second-order valence-corrected chi connectivity index (χ2v) is 7.01. The number of carbonyl (C=O) groups is 2. The first-order chi connectivity index (χ1) is 14.6. The number of carboxylic acid groups (broad SMARTS) is 1. The summed E-state index contributed by atoms with van der Waals surface area (Å²) in [5, 5.41) is 12.3. The van der Waals surface area contributed by atoms with Crippen molar-refractivity contribution in [2.45, 2.75) is 19.1 Å². The molecule has 0 saturated carbocycles. The summed E-state index contributed by atoms with van der Waals surface area (Å²) in [6.45, 7) is -0.501. The average Bonchev–Trinajstić information content (AvgIpc) is 2.90. The average molecular weight is 434 g/mol. The van der Waals surface area contributed by atoms with Crippen LogP contribution in [-0.2, 0) is 28.7 Å². The van der Waals surface area contributed by atoms with E-state index in [2.05, 4.69) is 5.32 Å². The van der Waals surface area contributed by atoms with Crippen molar-refractivity contribution in [3.05, 3.63) is 41.5 Å². The number of aromatic nitrogens is 1. The van der Waals surface area contributed by atoms with Crippen molar-refractivity contribution in [2.75, 3.05) is 19.5 Å². The van der Waals surface area contributed by atoms with Crippen molar-refractivity contribution in [3.8, 4) is 22.8 Å². The molecular weight excluding hydrogens is 417 g/mol. The number of anilines is 1. The summed E-state index contributed by atoms with van der Waals surface area (Å²) in [5.74, 6) is -0.958. The number of fused-ring (bicyclic) bond motifs is 5. The maximum absolute atomic E-state index is 13.3. The van der Waals surface area contributed by atoms with Gasteiger partial charge in [-0.15, -0.1) is 0 Å². The van der Waals surface area contributed by atoms with E-state index < -0.39 is 30.2 Å². The highest BCUT2D eigenvalue weighted by Gasteiger charge is 2.33. The molecule has 0 bridgehead atoms. The van der Waals surface area contributed by atoms with E-state index in [1.807, 2.05) is 0 Å². The lowest BCUT2D eigenvalue weighted by atomic mass is 10.0. The Morgan fingerprint density at radius 2 is 1.84 bits per heavy atom. The number of carboxylic acids is 1. The van der Waals surface area contributed by atoms with Crippen LogP contribution in [0.25, 0.3) is 22.2 Å². The minimum absolute atomic E-state index is 0.170. The second-order valence-electron chi connectivity index (χ2n) is 7.01. The SMILES string of the molecule is COc1cc2c(cc1OC)-c1c(c3cc(C(F)(F)F)ccc3n1CC(=O)O)CC(=O)N2. The van der Waals surface area contributed by atoms with Gasteiger partial charge < -0.3 is 24.5 Å². The quantitative estimate of drug-likeness (QED) is 0.650. The number of benzene rings is 2. The molecule has 1 aromatic heterocycles. The summed E-state index contributed by atoms with van der Waals surface area (Å²) in [7, 11) is 2.84. The largest absolute Gasteiger partial charge is 0.493 e. The first-order valence-corrected chi connectivity index (χ1v) is 9.14. The Bertz CT molecular complexity index is 1230. The van der Waals surface area contributed by atoms with Crippen LogP contribution in [0.1, 0.15) is 11.1 Å². The Balaban J connectivity index is 2.12. The van der Waals surface area contributed by atoms with E-state index in [1.54, 1.807) is 6.07 Å². The molecule has 10 heteroatoms. The van der Waals surface area contributed by atoms with Gasteiger partial charge in [0.1, 0.15) is 6.54 Å². The molecule has 3 aromatic rings. The molecule has 1 amide bonds. The molecule has 7 nitrogen and oxygen atoms in total. The molecular formula is C21H17F3N2O5. The monoisotopic (exact) mass is 434 g/mol. The highest BCUT2D eigenvalue weighted by Crippen LogP contribution is 2.45. The standard InChI is InChI=1S/C21H17F3N2O5/c1-30-16-6-13-14(8-17(16)31-2)25-18(27)7-12-11-5-10(21(22,23)24)3-4-15(11)26(20(12)13)9-19(28)29/h3-6,8H,7,9H2,1-2H3,(H,25,27)(H,28,29). The summed E-state index contributed by atoms with van der Waals surface area (Å²) >= 11 is 0. The summed E-state index contributed by atoms with van der Waals surface area (Å²) in [6, 6.07) is 6.18. The molecule has 4 rings (SSSR count). The van der Waals surface area contributed by atoms with E-state index in [0.29, 0.717) is 34.0 Å². The Morgan fingerprint density at radius 1 is 1.16 bits per heavy atom. The minimum Gasteiger partial charge on any atom is -0.493 e. The van der Waals surface area contributed by atoms with E-state index in [-0.39, 0.29) is 17.3 Å². The van der Waals surface area contributed by atoms with Crippen LogP contribution < -0.4 is 14.8 Å². The third-order valence-electron chi connectivity index (χ3n) is 5.18. The summed E-state index contributed by atoms with van der Waals surface area (Å²) in [5.41, 5.74) is 0.816. The van der Waals surface area contributed by atoms with Crippen molar-refractivity contribution in [1.82, 2.24) is 4.57 Å². The summed E-state index contributed by atoms with van der Waals surface area (Å²) < 4.78 is 52.0. The van der Waals surface area contributed by atoms with Crippen molar-refractivity contribution < 1.29 is 37.3 Å². The Kier molecular flexibility index (Phi) is 4.79. The fourth-order valence-electron chi connectivity index (χ4n) is 3.92. The van der Waals surface area contributed by atoms with Gasteiger partial charge in [-0.2, -0.15) is 13.2 Å². The molecule has 0 atom stereocenters. The number of hydrogen-bond donors (Lipinski definition) is 2. The maximum atomic E-state index is 13.3. The van der Waals surface area contributed by atoms with Crippen molar-refractivity contribution in [2.24, 2.45) is 0 Å². The molecule has 0 unspecified atom stereocenters. The molecule has 2 N–H and O–H groups in total. The Morgan fingerprint density at radius 3 is 2.45 bits per heavy atom. The molecule has 1 aliphatic heterocycles. The van der Waals surface area contributed by atoms with Gasteiger partial charge >= 0.3 is 12.1 Å². The van der Waals surface area contributed by atoms with Gasteiger partial charge in [0.05, 0.1) is 37.6 Å². The summed E-state index contributed by atoms with van der Waals surface area (Å²) in [6.07, 6.45) is -4.81. The predicted molar refractivity (Wildman–Crippen MR) is 105 cm³/mol. The molecule has 2 heterocycles. The molecule has 1 aliphatic rings. The lowest BCUT2D eigenvalue weighted by Crippen LogP contribution is -2.13. The van der Waals surface area contributed by atoms with E-state index in [1.165, 1.54) is 30.9 Å². The normalized spacial score (nSPS) is 13.3. The highest BCUT2D eigenvalue weighted by molar-refractivity contribution is 6.06. The second kappa shape index (κ2) is 7.22.